The monoisotopic (exact) mass is 240 g/mol. The Balaban J connectivity index is 1.65. The van der Waals surface area contributed by atoms with E-state index in [0.717, 1.165) is 13.1 Å². The van der Waals surface area contributed by atoms with Gasteiger partial charge in [0, 0.05) is 51.9 Å². The van der Waals surface area contributed by atoms with Crippen LogP contribution >= 0.6 is 0 Å². The number of aliphatic hydroxyl groups is 1. The molecule has 0 spiro atoms. The van der Waals surface area contributed by atoms with Gasteiger partial charge in [-0.1, -0.05) is 0 Å². The summed E-state index contributed by atoms with van der Waals surface area (Å²) in [5, 5.41) is 13.4. The lowest BCUT2D eigenvalue weighted by molar-refractivity contribution is -0.0615. The molecule has 0 bridgehead atoms. The molecule has 1 aromatic rings. The van der Waals surface area contributed by atoms with Gasteiger partial charge in [-0.05, 0) is 0 Å². The quantitative estimate of drug-likeness (QED) is 0.610. The van der Waals surface area contributed by atoms with Crippen LogP contribution in [0.4, 0.5) is 5.82 Å². The fourth-order valence-electron chi connectivity index (χ4n) is 1.96. The molecule has 1 aromatic heterocycles. The van der Waals surface area contributed by atoms with Gasteiger partial charge in [0.15, 0.2) is 0 Å². The van der Waals surface area contributed by atoms with E-state index in [1.54, 1.807) is 12.5 Å². The Bertz CT molecular complexity index is 347. The molecular weight excluding hydrogens is 220 g/mol. The molecule has 0 atom stereocenters. The SMILES string of the molecule is Nc1cn(CCNCC2(O)CCOCC2)cn1. The van der Waals surface area contributed by atoms with Gasteiger partial charge in [0.2, 0.25) is 0 Å². The maximum absolute atomic E-state index is 10.2. The number of nitrogens with two attached hydrogens (primary N) is 1. The summed E-state index contributed by atoms with van der Waals surface area (Å²) in [4.78, 5) is 3.95. The minimum absolute atomic E-state index is 0.535. The number of imidazole rings is 1. The fraction of sp³-hybridized carbons (Fsp3) is 0.727. The molecule has 2 heterocycles. The van der Waals surface area contributed by atoms with Crippen LogP contribution in [0.25, 0.3) is 0 Å². The molecule has 0 aliphatic carbocycles. The van der Waals surface area contributed by atoms with Crippen molar-refractivity contribution in [2.45, 2.75) is 25.0 Å². The van der Waals surface area contributed by atoms with Crippen molar-refractivity contribution in [3.63, 3.8) is 0 Å². The molecule has 0 aromatic carbocycles. The third kappa shape index (κ3) is 3.69. The van der Waals surface area contributed by atoms with Crippen molar-refractivity contribution < 1.29 is 9.84 Å². The van der Waals surface area contributed by atoms with Gasteiger partial charge in [-0.25, -0.2) is 4.98 Å². The smallest absolute Gasteiger partial charge is 0.141 e. The van der Waals surface area contributed by atoms with Crippen LogP contribution in [-0.2, 0) is 11.3 Å². The number of nitrogens with one attached hydrogen (secondary N) is 1. The van der Waals surface area contributed by atoms with Crippen molar-refractivity contribution in [3.8, 4) is 0 Å². The van der Waals surface area contributed by atoms with Gasteiger partial charge in [0.05, 0.1) is 11.9 Å². The first kappa shape index (κ1) is 12.3. The van der Waals surface area contributed by atoms with Gasteiger partial charge in [-0.2, -0.15) is 0 Å². The minimum Gasteiger partial charge on any atom is -0.388 e. The summed E-state index contributed by atoms with van der Waals surface area (Å²) in [6.07, 6.45) is 4.92. The Labute approximate surface area is 101 Å². The zero-order valence-corrected chi connectivity index (χ0v) is 9.93. The van der Waals surface area contributed by atoms with Crippen molar-refractivity contribution >= 4 is 5.82 Å². The van der Waals surface area contributed by atoms with Gasteiger partial charge in [0.1, 0.15) is 5.82 Å². The maximum atomic E-state index is 10.2. The molecule has 4 N–H and O–H groups in total. The van der Waals surface area contributed by atoms with Crippen molar-refractivity contribution in [3.05, 3.63) is 12.5 Å². The van der Waals surface area contributed by atoms with Crippen molar-refractivity contribution in [1.82, 2.24) is 14.9 Å². The van der Waals surface area contributed by atoms with Gasteiger partial charge >= 0.3 is 0 Å². The Morgan fingerprint density at radius 1 is 1.53 bits per heavy atom. The lowest BCUT2D eigenvalue weighted by atomic mass is 9.94. The Morgan fingerprint density at radius 3 is 2.94 bits per heavy atom. The van der Waals surface area contributed by atoms with Crippen LogP contribution in [0.1, 0.15) is 12.8 Å². The molecule has 17 heavy (non-hydrogen) atoms. The highest BCUT2D eigenvalue weighted by Gasteiger charge is 2.28. The molecule has 1 saturated heterocycles. The largest absolute Gasteiger partial charge is 0.388 e. The average Bonchev–Trinajstić information content (AvgIpc) is 2.72. The number of anilines is 1. The molecule has 1 fully saturated rings. The van der Waals surface area contributed by atoms with Crippen molar-refractivity contribution in [2.24, 2.45) is 0 Å². The third-order valence-corrected chi connectivity index (χ3v) is 3.08. The minimum atomic E-state index is -0.605. The first-order chi connectivity index (χ1) is 8.18. The number of ether oxygens (including phenoxy) is 1. The summed E-state index contributed by atoms with van der Waals surface area (Å²) in [6.45, 7) is 3.50. The zero-order valence-electron chi connectivity index (χ0n) is 9.93. The summed E-state index contributed by atoms with van der Waals surface area (Å²) in [7, 11) is 0. The van der Waals surface area contributed by atoms with Crippen LogP contribution < -0.4 is 11.1 Å². The molecular formula is C11H20N4O2. The predicted molar refractivity (Wildman–Crippen MR) is 64.5 cm³/mol. The summed E-state index contributed by atoms with van der Waals surface area (Å²) < 4.78 is 7.16. The van der Waals surface area contributed by atoms with E-state index in [-0.39, 0.29) is 0 Å². The molecule has 96 valence electrons. The van der Waals surface area contributed by atoms with Gasteiger partial charge in [0.25, 0.3) is 0 Å². The van der Waals surface area contributed by atoms with E-state index >= 15 is 0 Å². The normalized spacial score (nSPS) is 19.4. The molecule has 6 heteroatoms. The van der Waals surface area contributed by atoms with Crippen molar-refractivity contribution in [1.29, 1.82) is 0 Å². The lowest BCUT2D eigenvalue weighted by Gasteiger charge is -2.32. The third-order valence-electron chi connectivity index (χ3n) is 3.08. The number of hydrogen-bond acceptors (Lipinski definition) is 5. The molecule has 0 unspecified atom stereocenters. The second-order valence-corrected chi connectivity index (χ2v) is 4.55. The molecule has 0 saturated carbocycles. The van der Waals surface area contributed by atoms with E-state index < -0.39 is 5.60 Å². The average molecular weight is 240 g/mol. The number of hydrogen-bond donors (Lipinski definition) is 3. The Morgan fingerprint density at radius 2 is 2.29 bits per heavy atom. The van der Waals surface area contributed by atoms with E-state index in [0.29, 0.717) is 38.4 Å². The fourth-order valence-corrected chi connectivity index (χ4v) is 1.96. The highest BCUT2D eigenvalue weighted by Crippen LogP contribution is 2.18. The van der Waals surface area contributed by atoms with Gasteiger partial charge in [-0.3, -0.25) is 0 Å². The Hall–Kier alpha value is -1.11. The molecule has 6 nitrogen and oxygen atoms in total. The van der Waals surface area contributed by atoms with Gasteiger partial charge < -0.3 is 25.5 Å². The Kier molecular flexibility index (Phi) is 3.98. The van der Waals surface area contributed by atoms with Crippen molar-refractivity contribution in [2.75, 3.05) is 32.0 Å². The zero-order chi connectivity index (χ0) is 12.1. The summed E-state index contributed by atoms with van der Waals surface area (Å²) in [6, 6.07) is 0. The van der Waals surface area contributed by atoms with Crippen LogP contribution in [0.15, 0.2) is 12.5 Å². The number of nitrogens with zero attached hydrogens (tertiary/aromatic N) is 2. The summed E-state index contributed by atoms with van der Waals surface area (Å²) in [5.74, 6) is 0.535. The summed E-state index contributed by atoms with van der Waals surface area (Å²) in [5.41, 5.74) is 4.91. The van der Waals surface area contributed by atoms with Crippen LogP contribution in [0.2, 0.25) is 0 Å². The topological polar surface area (TPSA) is 85.3 Å². The van der Waals surface area contributed by atoms with Crippen LogP contribution in [0, 0.1) is 0 Å². The highest BCUT2D eigenvalue weighted by molar-refractivity contribution is 5.22. The van der Waals surface area contributed by atoms with Crippen LogP contribution in [0.3, 0.4) is 0 Å². The van der Waals surface area contributed by atoms with Gasteiger partial charge in [-0.15, -0.1) is 0 Å². The number of aromatic nitrogens is 2. The van der Waals surface area contributed by atoms with Crippen LogP contribution in [0.5, 0.6) is 0 Å². The second kappa shape index (κ2) is 5.48. The van der Waals surface area contributed by atoms with E-state index in [4.69, 9.17) is 10.5 Å². The van der Waals surface area contributed by atoms with E-state index in [1.807, 2.05) is 4.57 Å². The standard InChI is InChI=1S/C11H20N4O2/c12-10-7-15(9-14-10)4-3-13-8-11(16)1-5-17-6-2-11/h7,9,13,16H,1-6,8,12H2. The molecule has 1 aliphatic heterocycles. The predicted octanol–water partition coefficient (Wildman–Crippen LogP) is -0.404. The molecule has 0 radical (unpaired) electrons. The van der Waals surface area contributed by atoms with E-state index in [9.17, 15) is 5.11 Å². The first-order valence-electron chi connectivity index (χ1n) is 5.96. The molecule has 1 aliphatic rings. The van der Waals surface area contributed by atoms with E-state index in [1.165, 1.54) is 0 Å². The van der Waals surface area contributed by atoms with E-state index in [2.05, 4.69) is 10.3 Å². The second-order valence-electron chi connectivity index (χ2n) is 4.55. The summed E-state index contributed by atoms with van der Waals surface area (Å²) >= 11 is 0. The number of rotatable bonds is 5. The lowest BCUT2D eigenvalue weighted by Crippen LogP contribution is -2.45. The first-order valence-corrected chi connectivity index (χ1v) is 5.96. The highest BCUT2D eigenvalue weighted by atomic mass is 16.5. The molecule has 0 amide bonds. The van der Waals surface area contributed by atoms with Crippen LogP contribution in [-0.4, -0.2) is 46.6 Å². The maximum Gasteiger partial charge on any atom is 0.141 e. The molecule has 2 rings (SSSR count). The number of nitrogen functional groups attached to an aromatic ring is 1.